The molecule has 0 unspecified atom stereocenters. The van der Waals surface area contributed by atoms with Gasteiger partial charge in [0.25, 0.3) is 5.91 Å². The quantitative estimate of drug-likeness (QED) is 0.443. The summed E-state index contributed by atoms with van der Waals surface area (Å²) in [7, 11) is 0. The lowest BCUT2D eigenvalue weighted by Crippen LogP contribution is -2.29. The van der Waals surface area contributed by atoms with Gasteiger partial charge in [-0.3, -0.25) is 4.79 Å². The number of amides is 1. The first-order valence-electron chi connectivity index (χ1n) is 10.2. The van der Waals surface area contributed by atoms with Crippen molar-refractivity contribution in [2.75, 3.05) is 13.1 Å². The average molecular weight is 482 g/mol. The van der Waals surface area contributed by atoms with Crippen molar-refractivity contribution < 1.29 is 31.1 Å². The Morgan fingerprint density at radius 2 is 1.72 bits per heavy atom. The number of rotatable bonds is 10. The highest BCUT2D eigenvalue weighted by atomic mass is 32.1. The Labute approximate surface area is 186 Å². The molecule has 2 aromatic rings. The number of nitrogens with zero attached hydrogens (tertiary/aromatic N) is 1. The zero-order valence-electron chi connectivity index (χ0n) is 17.7. The predicted molar refractivity (Wildman–Crippen MR) is 111 cm³/mol. The monoisotopic (exact) mass is 481 g/mol. The molecule has 0 aliphatic rings. The van der Waals surface area contributed by atoms with Crippen LogP contribution in [0.5, 0.6) is 0 Å². The van der Waals surface area contributed by atoms with E-state index in [1.165, 1.54) is 12.1 Å². The highest BCUT2D eigenvalue weighted by molar-refractivity contribution is 7.13. The highest BCUT2D eigenvalue weighted by Gasteiger charge is 2.39. The molecule has 4 nitrogen and oxygen atoms in total. The fraction of sp³-hybridized carbons (Fsp3) is 0.524. The lowest BCUT2D eigenvalue weighted by molar-refractivity contribution is -0.141. The van der Waals surface area contributed by atoms with Gasteiger partial charge in [-0.2, -0.15) is 26.3 Å². The minimum absolute atomic E-state index is 0.0437. The smallest absolute Gasteiger partial charge is 0.351 e. The first-order chi connectivity index (χ1) is 15.0. The van der Waals surface area contributed by atoms with Gasteiger partial charge >= 0.3 is 12.4 Å². The lowest BCUT2D eigenvalue weighted by Gasteiger charge is -2.13. The predicted octanol–water partition coefficient (Wildman–Crippen LogP) is 5.47. The minimum atomic E-state index is -4.79. The number of hydrogen-bond acceptors (Lipinski definition) is 4. The van der Waals surface area contributed by atoms with E-state index in [1.807, 2.05) is 13.8 Å². The second-order valence-corrected chi connectivity index (χ2v) is 8.29. The van der Waals surface area contributed by atoms with Crippen molar-refractivity contribution in [3.8, 4) is 0 Å². The molecule has 2 rings (SSSR count). The Morgan fingerprint density at radius 1 is 1.03 bits per heavy atom. The van der Waals surface area contributed by atoms with Crippen LogP contribution in [0, 0.1) is 0 Å². The maximum atomic E-state index is 13.4. The van der Waals surface area contributed by atoms with Crippen LogP contribution in [0.15, 0.2) is 24.3 Å². The van der Waals surface area contributed by atoms with Gasteiger partial charge in [-0.1, -0.05) is 32.0 Å². The van der Waals surface area contributed by atoms with Crippen molar-refractivity contribution >= 4 is 17.2 Å². The second-order valence-electron chi connectivity index (χ2n) is 7.20. The van der Waals surface area contributed by atoms with E-state index in [0.29, 0.717) is 23.4 Å². The Morgan fingerprint density at radius 3 is 2.31 bits per heavy atom. The Hall–Kier alpha value is -2.14. The van der Waals surface area contributed by atoms with Gasteiger partial charge in [0.1, 0.15) is 4.88 Å². The Bertz CT molecular complexity index is 890. The number of carbonyl (C=O) groups is 1. The first kappa shape index (κ1) is 26.1. The number of benzene rings is 1. The minimum Gasteiger partial charge on any atom is -0.351 e. The van der Waals surface area contributed by atoms with Crippen LogP contribution < -0.4 is 10.6 Å². The number of hydrogen-bond donors (Lipinski definition) is 2. The number of nitrogens with one attached hydrogen (secondary N) is 2. The normalized spacial score (nSPS) is 12.4. The summed E-state index contributed by atoms with van der Waals surface area (Å²) < 4.78 is 78.5. The third-order valence-corrected chi connectivity index (χ3v) is 5.97. The molecular formula is C21H25F6N3OS. The highest BCUT2D eigenvalue weighted by Crippen LogP contribution is 2.34. The standard InChI is InChI=1S/C21H25F6N3OS/c1-3-15(4-2)28-11-9-16-30-18(21(25,26)27)17(32-16)19(31)29-10-8-13-6-5-7-14(12-13)20(22,23)24/h5-7,12,15,28H,3-4,8-11H2,1-2H3,(H,29,31). The van der Waals surface area contributed by atoms with Crippen molar-refractivity contribution in [1.82, 2.24) is 15.6 Å². The molecule has 1 heterocycles. The summed E-state index contributed by atoms with van der Waals surface area (Å²) in [6, 6.07) is 4.84. The molecule has 0 aliphatic heterocycles. The molecule has 0 saturated heterocycles. The number of thiazole rings is 1. The van der Waals surface area contributed by atoms with Gasteiger partial charge in [-0.15, -0.1) is 11.3 Å². The maximum absolute atomic E-state index is 13.4. The maximum Gasteiger partial charge on any atom is 0.435 e. The number of alkyl halides is 6. The molecule has 0 spiro atoms. The van der Waals surface area contributed by atoms with Crippen molar-refractivity contribution in [3.05, 3.63) is 51.0 Å². The van der Waals surface area contributed by atoms with E-state index >= 15 is 0 Å². The fourth-order valence-corrected chi connectivity index (χ4v) is 4.08. The molecule has 0 atom stereocenters. The molecule has 11 heteroatoms. The zero-order chi connectivity index (χ0) is 23.9. The van der Waals surface area contributed by atoms with Crippen LogP contribution in [0.2, 0.25) is 0 Å². The number of carbonyl (C=O) groups excluding carboxylic acids is 1. The van der Waals surface area contributed by atoms with E-state index in [2.05, 4.69) is 15.6 Å². The van der Waals surface area contributed by atoms with Gasteiger partial charge in [0, 0.05) is 25.6 Å². The van der Waals surface area contributed by atoms with Gasteiger partial charge in [-0.25, -0.2) is 4.98 Å². The van der Waals surface area contributed by atoms with Crippen LogP contribution in [0.3, 0.4) is 0 Å². The van der Waals surface area contributed by atoms with Crippen molar-refractivity contribution in [1.29, 1.82) is 0 Å². The summed E-state index contributed by atoms with van der Waals surface area (Å²) in [6.45, 7) is 4.34. The summed E-state index contributed by atoms with van der Waals surface area (Å²) >= 11 is 0.681. The molecule has 178 valence electrons. The molecule has 2 N–H and O–H groups in total. The van der Waals surface area contributed by atoms with Crippen LogP contribution in [0.4, 0.5) is 26.3 Å². The van der Waals surface area contributed by atoms with Crippen molar-refractivity contribution in [2.45, 2.75) is 57.9 Å². The molecule has 0 saturated carbocycles. The van der Waals surface area contributed by atoms with Crippen LogP contribution in [0.25, 0.3) is 0 Å². The molecular weight excluding hydrogens is 456 g/mol. The third kappa shape index (κ3) is 7.47. The van der Waals surface area contributed by atoms with Crippen LogP contribution >= 0.6 is 11.3 Å². The van der Waals surface area contributed by atoms with E-state index in [4.69, 9.17) is 0 Å². The lowest BCUT2D eigenvalue weighted by atomic mass is 10.1. The van der Waals surface area contributed by atoms with Crippen molar-refractivity contribution in [2.24, 2.45) is 0 Å². The first-order valence-corrected chi connectivity index (χ1v) is 11.0. The van der Waals surface area contributed by atoms with Gasteiger partial charge in [-0.05, 0) is 30.9 Å². The van der Waals surface area contributed by atoms with Gasteiger partial charge in [0.15, 0.2) is 5.69 Å². The topological polar surface area (TPSA) is 54.0 Å². The average Bonchev–Trinajstić information content (AvgIpc) is 3.16. The summed E-state index contributed by atoms with van der Waals surface area (Å²) in [6.07, 6.45) is -7.21. The van der Waals surface area contributed by atoms with E-state index in [9.17, 15) is 31.1 Å². The van der Waals surface area contributed by atoms with Crippen LogP contribution in [-0.2, 0) is 25.2 Å². The van der Waals surface area contributed by atoms with E-state index < -0.39 is 34.4 Å². The van der Waals surface area contributed by atoms with E-state index in [0.717, 1.165) is 25.0 Å². The Balaban J connectivity index is 2.03. The summed E-state index contributed by atoms with van der Waals surface area (Å²) in [4.78, 5) is 15.5. The molecule has 0 aliphatic carbocycles. The summed E-state index contributed by atoms with van der Waals surface area (Å²) in [5, 5.41) is 5.79. The largest absolute Gasteiger partial charge is 0.435 e. The summed E-state index contributed by atoms with van der Waals surface area (Å²) in [5.41, 5.74) is -1.75. The third-order valence-electron chi connectivity index (χ3n) is 4.86. The Kier molecular flexibility index (Phi) is 9.08. The summed E-state index contributed by atoms with van der Waals surface area (Å²) in [5.74, 6) is -0.944. The van der Waals surface area contributed by atoms with Gasteiger partial charge < -0.3 is 10.6 Å². The SMILES string of the molecule is CCC(CC)NCCc1nc(C(F)(F)F)c(C(=O)NCCc2cccc(C(F)(F)F)c2)s1. The molecule has 0 bridgehead atoms. The molecule has 1 aromatic heterocycles. The van der Waals surface area contributed by atoms with E-state index in [1.54, 1.807) is 0 Å². The molecule has 0 fully saturated rings. The number of aromatic nitrogens is 1. The number of halogens is 6. The molecule has 1 amide bonds. The van der Waals surface area contributed by atoms with Crippen molar-refractivity contribution in [3.63, 3.8) is 0 Å². The molecule has 0 radical (unpaired) electrons. The fourth-order valence-electron chi connectivity index (χ4n) is 3.08. The van der Waals surface area contributed by atoms with Gasteiger partial charge in [0.05, 0.1) is 10.6 Å². The van der Waals surface area contributed by atoms with Crippen LogP contribution in [-0.4, -0.2) is 30.0 Å². The molecule has 32 heavy (non-hydrogen) atoms. The van der Waals surface area contributed by atoms with E-state index in [-0.39, 0.29) is 30.4 Å². The second kappa shape index (κ2) is 11.1. The molecule has 1 aromatic carbocycles. The van der Waals surface area contributed by atoms with Crippen LogP contribution in [0.1, 0.15) is 58.2 Å². The zero-order valence-corrected chi connectivity index (χ0v) is 18.5. The van der Waals surface area contributed by atoms with Gasteiger partial charge in [0.2, 0.25) is 0 Å².